The summed E-state index contributed by atoms with van der Waals surface area (Å²) in [6.07, 6.45) is -3.34. The summed E-state index contributed by atoms with van der Waals surface area (Å²) in [6.45, 7) is -0.900. The van der Waals surface area contributed by atoms with Gasteiger partial charge in [-0.15, -0.1) is 0 Å². The van der Waals surface area contributed by atoms with E-state index in [0.717, 1.165) is 0 Å². The first kappa shape index (κ1) is 14.9. The van der Waals surface area contributed by atoms with Crippen LogP contribution in [0.4, 0.5) is 5.95 Å². The number of anilines is 1. The summed E-state index contributed by atoms with van der Waals surface area (Å²) in [5, 5.41) is 40.2. The Morgan fingerprint density at radius 2 is 2.14 bits per heavy atom. The molecule has 2 aromatic rings. The van der Waals surface area contributed by atoms with E-state index in [0.29, 0.717) is 0 Å². The van der Waals surface area contributed by atoms with Crippen LogP contribution in [0.5, 0.6) is 0 Å². The molecule has 22 heavy (non-hydrogen) atoms. The molecule has 1 aliphatic rings. The molecule has 3 heterocycles. The van der Waals surface area contributed by atoms with E-state index in [2.05, 4.69) is 20.3 Å². The van der Waals surface area contributed by atoms with Crippen LogP contribution in [0.1, 0.15) is 6.23 Å². The lowest BCUT2D eigenvalue weighted by Gasteiger charge is -2.16. The molecule has 0 radical (unpaired) electrons. The van der Waals surface area contributed by atoms with E-state index < -0.39 is 43.4 Å². The average molecular weight is 313 g/mol. The lowest BCUT2D eigenvalue weighted by atomic mass is 10.1. The number of hydrogen-bond donors (Lipinski definition) is 6. The van der Waals surface area contributed by atoms with Crippen LogP contribution in [-0.4, -0.2) is 71.6 Å². The number of hydrogen-bond acceptors (Lipinski definition) is 9. The number of aliphatic hydroxyl groups excluding tert-OH is 4. The zero-order valence-electron chi connectivity index (χ0n) is 11.2. The standard InChI is InChI=1S/C11H15N5O6/c17-1-4-6(19)7(20)10(22-4)16-2-12-5-8(16)14-11(13-3-18)15-9(5)21/h2,4,6-7,10,17-20H,1,3H2,(H2,13,14,15,21)/t4-,6-,7-,10-/m1/s1. The van der Waals surface area contributed by atoms with Gasteiger partial charge in [-0.2, -0.15) is 4.98 Å². The van der Waals surface area contributed by atoms with E-state index in [1.165, 1.54) is 10.9 Å². The number of nitrogens with one attached hydrogen (secondary N) is 2. The highest BCUT2D eigenvalue weighted by Crippen LogP contribution is 2.30. The normalized spacial score (nSPS) is 28.4. The van der Waals surface area contributed by atoms with Crippen LogP contribution < -0.4 is 10.9 Å². The predicted molar refractivity (Wildman–Crippen MR) is 71.9 cm³/mol. The van der Waals surface area contributed by atoms with E-state index in [4.69, 9.17) is 14.9 Å². The first-order valence-electron chi connectivity index (χ1n) is 6.51. The Labute approximate surface area is 122 Å². The molecule has 1 aliphatic heterocycles. The number of H-pyrrole nitrogens is 1. The van der Waals surface area contributed by atoms with Crippen molar-refractivity contribution in [2.45, 2.75) is 24.5 Å². The molecule has 0 saturated carbocycles. The minimum atomic E-state index is -1.31. The maximum absolute atomic E-state index is 11.9. The van der Waals surface area contributed by atoms with Crippen LogP contribution in [0, 0.1) is 0 Å². The fourth-order valence-electron chi connectivity index (χ4n) is 2.38. The number of imidazole rings is 1. The molecular formula is C11H15N5O6. The van der Waals surface area contributed by atoms with Crippen molar-refractivity contribution in [2.24, 2.45) is 0 Å². The Morgan fingerprint density at radius 3 is 2.77 bits per heavy atom. The molecule has 0 aliphatic carbocycles. The Kier molecular flexibility index (Phi) is 3.80. The fourth-order valence-corrected chi connectivity index (χ4v) is 2.38. The molecule has 11 nitrogen and oxygen atoms in total. The Bertz CT molecular complexity index is 729. The van der Waals surface area contributed by atoms with E-state index >= 15 is 0 Å². The molecule has 0 unspecified atom stereocenters. The topological polar surface area (TPSA) is 166 Å². The van der Waals surface area contributed by atoms with Crippen molar-refractivity contribution in [1.82, 2.24) is 19.5 Å². The average Bonchev–Trinajstić information content (AvgIpc) is 3.03. The third-order valence-electron chi connectivity index (χ3n) is 3.47. The molecule has 1 saturated heterocycles. The van der Waals surface area contributed by atoms with Gasteiger partial charge in [-0.05, 0) is 0 Å². The van der Waals surface area contributed by atoms with Crippen LogP contribution in [0.25, 0.3) is 11.2 Å². The second-order valence-electron chi connectivity index (χ2n) is 4.80. The van der Waals surface area contributed by atoms with Gasteiger partial charge in [0.2, 0.25) is 5.95 Å². The van der Waals surface area contributed by atoms with E-state index in [1.54, 1.807) is 0 Å². The summed E-state index contributed by atoms with van der Waals surface area (Å²) < 4.78 is 6.67. The molecule has 6 N–H and O–H groups in total. The third kappa shape index (κ3) is 2.24. The Morgan fingerprint density at radius 1 is 1.36 bits per heavy atom. The predicted octanol–water partition coefficient (Wildman–Crippen LogP) is -2.91. The minimum Gasteiger partial charge on any atom is -0.394 e. The molecule has 0 amide bonds. The Balaban J connectivity index is 2.06. The van der Waals surface area contributed by atoms with E-state index in [9.17, 15) is 15.0 Å². The number of ether oxygens (including phenoxy) is 1. The van der Waals surface area contributed by atoms with Gasteiger partial charge >= 0.3 is 0 Å². The molecule has 1 fully saturated rings. The third-order valence-corrected chi connectivity index (χ3v) is 3.47. The molecular weight excluding hydrogens is 298 g/mol. The number of fused-ring (bicyclic) bond motifs is 1. The zero-order chi connectivity index (χ0) is 15.9. The maximum atomic E-state index is 11.9. The summed E-state index contributed by atoms with van der Waals surface area (Å²) in [7, 11) is 0. The van der Waals surface area contributed by atoms with Crippen LogP contribution in [0.15, 0.2) is 11.1 Å². The van der Waals surface area contributed by atoms with Crippen LogP contribution in [0.3, 0.4) is 0 Å². The zero-order valence-corrected chi connectivity index (χ0v) is 11.2. The maximum Gasteiger partial charge on any atom is 0.280 e. The first-order valence-corrected chi connectivity index (χ1v) is 6.51. The van der Waals surface area contributed by atoms with Gasteiger partial charge in [-0.3, -0.25) is 14.3 Å². The Hall–Kier alpha value is -2.05. The summed E-state index contributed by atoms with van der Waals surface area (Å²) in [6, 6.07) is 0. The van der Waals surface area contributed by atoms with E-state index in [-0.39, 0.29) is 17.1 Å². The van der Waals surface area contributed by atoms with Gasteiger partial charge in [-0.25, -0.2) is 4.98 Å². The quantitative estimate of drug-likeness (QED) is 0.324. The number of aliphatic hydroxyl groups is 4. The van der Waals surface area contributed by atoms with Crippen molar-refractivity contribution in [3.63, 3.8) is 0 Å². The van der Waals surface area contributed by atoms with Gasteiger partial charge in [0.1, 0.15) is 25.0 Å². The van der Waals surface area contributed by atoms with Gasteiger partial charge in [0, 0.05) is 0 Å². The summed E-state index contributed by atoms with van der Waals surface area (Å²) in [4.78, 5) is 22.3. The van der Waals surface area contributed by atoms with Crippen molar-refractivity contribution in [2.75, 3.05) is 18.7 Å². The lowest BCUT2D eigenvalue weighted by molar-refractivity contribution is -0.0511. The number of nitrogens with zero attached hydrogens (tertiary/aromatic N) is 3. The molecule has 2 aromatic heterocycles. The monoisotopic (exact) mass is 313 g/mol. The lowest BCUT2D eigenvalue weighted by Crippen LogP contribution is -2.33. The summed E-state index contributed by atoms with van der Waals surface area (Å²) in [5.41, 5.74) is -0.415. The van der Waals surface area contributed by atoms with Gasteiger partial charge < -0.3 is 30.5 Å². The smallest absolute Gasteiger partial charge is 0.280 e. The van der Waals surface area contributed by atoms with Crippen molar-refractivity contribution in [1.29, 1.82) is 0 Å². The van der Waals surface area contributed by atoms with Crippen LogP contribution in [-0.2, 0) is 4.74 Å². The van der Waals surface area contributed by atoms with Crippen LogP contribution in [0.2, 0.25) is 0 Å². The van der Waals surface area contributed by atoms with Crippen molar-refractivity contribution in [3.05, 3.63) is 16.7 Å². The number of aromatic amines is 1. The van der Waals surface area contributed by atoms with Gasteiger partial charge in [0.05, 0.1) is 12.9 Å². The molecule has 0 spiro atoms. The first-order chi connectivity index (χ1) is 10.6. The molecule has 11 heteroatoms. The van der Waals surface area contributed by atoms with Crippen molar-refractivity contribution < 1.29 is 25.2 Å². The molecule has 0 aromatic carbocycles. The van der Waals surface area contributed by atoms with Crippen molar-refractivity contribution in [3.8, 4) is 0 Å². The molecule has 0 bridgehead atoms. The largest absolute Gasteiger partial charge is 0.394 e. The van der Waals surface area contributed by atoms with E-state index in [1.807, 2.05) is 0 Å². The van der Waals surface area contributed by atoms with Crippen molar-refractivity contribution >= 4 is 17.1 Å². The molecule has 120 valence electrons. The summed E-state index contributed by atoms with van der Waals surface area (Å²) in [5.74, 6) is 0.0218. The van der Waals surface area contributed by atoms with Crippen LogP contribution >= 0.6 is 0 Å². The molecule has 3 rings (SSSR count). The van der Waals surface area contributed by atoms with Gasteiger partial charge in [0.15, 0.2) is 17.4 Å². The van der Waals surface area contributed by atoms with Gasteiger partial charge in [-0.1, -0.05) is 0 Å². The highest BCUT2D eigenvalue weighted by Gasteiger charge is 2.44. The van der Waals surface area contributed by atoms with Gasteiger partial charge in [0.25, 0.3) is 5.56 Å². The molecule has 4 atom stereocenters. The second-order valence-corrected chi connectivity index (χ2v) is 4.80. The SMILES string of the molecule is O=c1[nH]c(NCO)nc2c1ncn2[C@@H]1O[C@H](CO)[C@@H](O)[C@H]1O. The minimum absolute atomic E-state index is 0.0150. The highest BCUT2D eigenvalue weighted by molar-refractivity contribution is 5.70. The second kappa shape index (κ2) is 5.62. The fraction of sp³-hybridized carbons (Fsp3) is 0.545. The number of aromatic nitrogens is 4. The summed E-state index contributed by atoms with van der Waals surface area (Å²) >= 11 is 0. The number of rotatable bonds is 4. The highest BCUT2D eigenvalue weighted by atomic mass is 16.6.